The van der Waals surface area contributed by atoms with Crippen LogP contribution in [0.2, 0.25) is 0 Å². The van der Waals surface area contributed by atoms with Gasteiger partial charge in [0, 0.05) is 42.1 Å². The molecule has 0 amide bonds. The van der Waals surface area contributed by atoms with Gasteiger partial charge in [0.05, 0.1) is 6.33 Å². The van der Waals surface area contributed by atoms with Crippen LogP contribution in [0.15, 0.2) is 48.9 Å². The van der Waals surface area contributed by atoms with Crippen LogP contribution in [0, 0.1) is 13.8 Å². The molecule has 3 aromatic rings. The lowest BCUT2D eigenvalue weighted by atomic mass is 10.2. The Kier molecular flexibility index (Phi) is 3.88. The molecule has 4 nitrogen and oxygen atoms in total. The quantitative estimate of drug-likeness (QED) is 0.754. The number of para-hydroxylation sites is 1. The Morgan fingerprint density at radius 2 is 1.95 bits per heavy atom. The summed E-state index contributed by atoms with van der Waals surface area (Å²) in [5.41, 5.74) is 6.20. The highest BCUT2D eigenvalue weighted by Gasteiger charge is 2.10. The van der Waals surface area contributed by atoms with Gasteiger partial charge in [0.2, 0.25) is 0 Å². The number of aromatic nitrogens is 3. The van der Waals surface area contributed by atoms with Gasteiger partial charge >= 0.3 is 0 Å². The van der Waals surface area contributed by atoms with Gasteiger partial charge in [-0.25, -0.2) is 4.98 Å². The first kappa shape index (κ1) is 13.6. The summed E-state index contributed by atoms with van der Waals surface area (Å²) < 4.78 is 2.30. The normalized spacial score (nSPS) is 11.0. The highest BCUT2D eigenvalue weighted by atomic mass is 15.0. The lowest BCUT2D eigenvalue weighted by Gasteiger charge is -2.10. The van der Waals surface area contributed by atoms with E-state index in [0.29, 0.717) is 0 Å². The average molecular weight is 280 g/mol. The number of aryl methyl sites for hydroxylation is 1. The van der Waals surface area contributed by atoms with Crippen molar-refractivity contribution in [1.82, 2.24) is 19.9 Å². The van der Waals surface area contributed by atoms with Crippen LogP contribution >= 0.6 is 0 Å². The molecule has 0 aliphatic rings. The van der Waals surface area contributed by atoms with E-state index < -0.39 is 0 Å². The fourth-order valence-corrected chi connectivity index (χ4v) is 2.70. The third-order valence-corrected chi connectivity index (χ3v) is 3.74. The Morgan fingerprint density at radius 3 is 2.67 bits per heavy atom. The fourth-order valence-electron chi connectivity index (χ4n) is 2.70. The molecule has 0 unspecified atom stereocenters. The highest BCUT2D eigenvalue weighted by Crippen LogP contribution is 2.20. The Labute approximate surface area is 124 Å². The molecule has 2 heterocycles. The van der Waals surface area contributed by atoms with E-state index in [9.17, 15) is 0 Å². The van der Waals surface area contributed by atoms with Crippen molar-refractivity contribution in [3.05, 3.63) is 71.6 Å². The number of nitrogens with one attached hydrogen (secondary N) is 2. The van der Waals surface area contributed by atoms with Gasteiger partial charge in [-0.2, -0.15) is 0 Å². The number of rotatable bonds is 5. The molecule has 108 valence electrons. The number of H-pyrrole nitrogens is 1. The van der Waals surface area contributed by atoms with E-state index in [-0.39, 0.29) is 0 Å². The molecule has 0 radical (unpaired) electrons. The van der Waals surface area contributed by atoms with Gasteiger partial charge in [-0.1, -0.05) is 18.2 Å². The van der Waals surface area contributed by atoms with Gasteiger partial charge in [0.25, 0.3) is 0 Å². The van der Waals surface area contributed by atoms with E-state index in [1.54, 1.807) is 6.33 Å². The summed E-state index contributed by atoms with van der Waals surface area (Å²) in [7, 11) is 0. The van der Waals surface area contributed by atoms with E-state index in [1.807, 2.05) is 12.3 Å². The zero-order valence-corrected chi connectivity index (χ0v) is 12.4. The second-order valence-electron chi connectivity index (χ2n) is 5.25. The average Bonchev–Trinajstić information content (AvgIpc) is 3.09. The number of benzene rings is 1. The van der Waals surface area contributed by atoms with E-state index in [2.05, 4.69) is 64.0 Å². The molecule has 0 spiro atoms. The maximum Gasteiger partial charge on any atom is 0.0922 e. The van der Waals surface area contributed by atoms with Crippen molar-refractivity contribution in [3.63, 3.8) is 0 Å². The monoisotopic (exact) mass is 280 g/mol. The predicted molar refractivity (Wildman–Crippen MR) is 84.4 cm³/mol. The van der Waals surface area contributed by atoms with Crippen molar-refractivity contribution in [2.24, 2.45) is 0 Å². The largest absolute Gasteiger partial charge is 0.347 e. The van der Waals surface area contributed by atoms with Gasteiger partial charge in [0.15, 0.2) is 0 Å². The Morgan fingerprint density at radius 1 is 1.14 bits per heavy atom. The molecule has 0 bridgehead atoms. The van der Waals surface area contributed by atoms with Crippen LogP contribution in [0.5, 0.6) is 0 Å². The molecule has 1 aromatic carbocycles. The van der Waals surface area contributed by atoms with Gasteiger partial charge in [-0.05, 0) is 37.6 Å². The zero-order valence-electron chi connectivity index (χ0n) is 12.4. The van der Waals surface area contributed by atoms with Gasteiger partial charge in [-0.3, -0.25) is 0 Å². The zero-order chi connectivity index (χ0) is 14.7. The predicted octanol–water partition coefficient (Wildman–Crippen LogP) is 3.11. The lowest BCUT2D eigenvalue weighted by molar-refractivity contribution is 0.679. The van der Waals surface area contributed by atoms with E-state index in [4.69, 9.17) is 0 Å². The van der Waals surface area contributed by atoms with Crippen molar-refractivity contribution in [3.8, 4) is 5.69 Å². The third-order valence-electron chi connectivity index (χ3n) is 3.74. The van der Waals surface area contributed by atoms with Crippen molar-refractivity contribution in [1.29, 1.82) is 0 Å². The molecule has 0 aliphatic carbocycles. The third kappa shape index (κ3) is 2.90. The summed E-state index contributed by atoms with van der Waals surface area (Å²) in [6.07, 6.45) is 3.55. The standard InChI is InChI=1S/C17H20N4/c1-13-8-15(9-18-10-16-11-19-12-20-16)14(2)21(13)17-6-4-3-5-7-17/h3-8,11-12,18H,9-10H2,1-2H3,(H,19,20). The number of hydrogen-bond donors (Lipinski definition) is 2. The smallest absolute Gasteiger partial charge is 0.0922 e. The SMILES string of the molecule is Cc1cc(CNCc2cnc[nH]2)c(C)n1-c1ccccc1. The molecule has 4 heteroatoms. The summed E-state index contributed by atoms with van der Waals surface area (Å²) in [5.74, 6) is 0. The van der Waals surface area contributed by atoms with Crippen LogP contribution in [0.4, 0.5) is 0 Å². The summed E-state index contributed by atoms with van der Waals surface area (Å²) in [6, 6.07) is 12.7. The first-order valence-corrected chi connectivity index (χ1v) is 7.17. The number of imidazole rings is 1. The molecule has 2 N–H and O–H groups in total. The molecular formula is C17H20N4. The van der Waals surface area contributed by atoms with Gasteiger partial charge in [-0.15, -0.1) is 0 Å². The van der Waals surface area contributed by atoms with Crippen molar-refractivity contribution < 1.29 is 0 Å². The van der Waals surface area contributed by atoms with E-state index in [0.717, 1.165) is 18.8 Å². The maximum absolute atomic E-state index is 4.02. The Hall–Kier alpha value is -2.33. The number of hydrogen-bond acceptors (Lipinski definition) is 2. The van der Waals surface area contributed by atoms with Crippen molar-refractivity contribution in [2.45, 2.75) is 26.9 Å². The summed E-state index contributed by atoms with van der Waals surface area (Å²) in [6.45, 7) is 5.98. The maximum atomic E-state index is 4.02. The lowest BCUT2D eigenvalue weighted by Crippen LogP contribution is -2.13. The highest BCUT2D eigenvalue weighted by molar-refractivity contribution is 5.40. The molecule has 3 rings (SSSR count). The molecule has 0 saturated carbocycles. The molecule has 2 aromatic heterocycles. The van der Waals surface area contributed by atoms with Crippen LogP contribution in [-0.2, 0) is 13.1 Å². The molecule has 0 fully saturated rings. The minimum absolute atomic E-state index is 0.801. The first-order chi connectivity index (χ1) is 10.3. The topological polar surface area (TPSA) is 45.6 Å². The van der Waals surface area contributed by atoms with Gasteiger partial charge < -0.3 is 14.9 Å². The molecule has 21 heavy (non-hydrogen) atoms. The van der Waals surface area contributed by atoms with E-state index >= 15 is 0 Å². The second kappa shape index (κ2) is 5.97. The Bertz CT molecular complexity index is 696. The minimum Gasteiger partial charge on any atom is -0.347 e. The van der Waals surface area contributed by atoms with Crippen LogP contribution in [0.1, 0.15) is 22.6 Å². The van der Waals surface area contributed by atoms with Crippen molar-refractivity contribution >= 4 is 0 Å². The summed E-state index contributed by atoms with van der Waals surface area (Å²) >= 11 is 0. The van der Waals surface area contributed by atoms with Crippen molar-refractivity contribution in [2.75, 3.05) is 0 Å². The summed E-state index contributed by atoms with van der Waals surface area (Å²) in [5, 5.41) is 3.45. The molecular weight excluding hydrogens is 260 g/mol. The molecule has 0 saturated heterocycles. The van der Waals surface area contributed by atoms with Gasteiger partial charge in [0.1, 0.15) is 0 Å². The first-order valence-electron chi connectivity index (χ1n) is 7.17. The van der Waals surface area contributed by atoms with E-state index in [1.165, 1.54) is 22.6 Å². The number of nitrogens with zero attached hydrogens (tertiary/aromatic N) is 2. The second-order valence-corrected chi connectivity index (χ2v) is 5.25. The van der Waals surface area contributed by atoms with Crippen LogP contribution < -0.4 is 5.32 Å². The minimum atomic E-state index is 0.801. The molecule has 0 aliphatic heterocycles. The Balaban J connectivity index is 1.75. The van der Waals surface area contributed by atoms with Crippen LogP contribution in [-0.4, -0.2) is 14.5 Å². The van der Waals surface area contributed by atoms with Crippen LogP contribution in [0.25, 0.3) is 5.69 Å². The summed E-state index contributed by atoms with van der Waals surface area (Å²) in [4.78, 5) is 7.13. The number of aromatic amines is 1. The van der Waals surface area contributed by atoms with Crippen LogP contribution in [0.3, 0.4) is 0 Å². The molecule has 0 atom stereocenters. The fraction of sp³-hybridized carbons (Fsp3) is 0.235.